The molecule has 1 atom stereocenters. The first-order valence-electron chi connectivity index (χ1n) is 6.77. The first-order valence-corrected chi connectivity index (χ1v) is 7.56. The summed E-state index contributed by atoms with van der Waals surface area (Å²) in [4.78, 5) is 14.5. The molecule has 20 heavy (non-hydrogen) atoms. The Morgan fingerprint density at radius 1 is 1.45 bits per heavy atom. The van der Waals surface area contributed by atoms with Crippen LogP contribution in [-0.4, -0.2) is 43.7 Å². The smallest absolute Gasteiger partial charge is 0.240 e. The van der Waals surface area contributed by atoms with E-state index in [1.54, 1.807) is 0 Å². The average Bonchev–Trinajstić information content (AvgIpc) is 2.38. The van der Waals surface area contributed by atoms with Crippen LogP contribution in [0.1, 0.15) is 19.4 Å². The van der Waals surface area contributed by atoms with Gasteiger partial charge in [-0.2, -0.15) is 0 Å². The second-order valence-corrected chi connectivity index (χ2v) is 6.52. The SMILES string of the molecule is CN1CCOCC1C(=O)NC(C)(C)c1ccccc1Br. The Balaban J connectivity index is 2.11. The summed E-state index contributed by atoms with van der Waals surface area (Å²) in [5.74, 6) is 0.00736. The fourth-order valence-electron chi connectivity index (χ4n) is 2.39. The maximum absolute atomic E-state index is 12.5. The summed E-state index contributed by atoms with van der Waals surface area (Å²) in [5.41, 5.74) is 0.628. The standard InChI is InChI=1S/C15H21BrN2O2/c1-15(2,11-6-4-5-7-12(11)16)17-14(19)13-10-20-9-8-18(13)3/h4-7,13H,8-10H2,1-3H3,(H,17,19). The van der Waals surface area contributed by atoms with Gasteiger partial charge in [-0.05, 0) is 32.5 Å². The van der Waals surface area contributed by atoms with Gasteiger partial charge in [0.2, 0.25) is 5.91 Å². The van der Waals surface area contributed by atoms with Crippen molar-refractivity contribution in [1.29, 1.82) is 0 Å². The van der Waals surface area contributed by atoms with Gasteiger partial charge in [0.25, 0.3) is 0 Å². The van der Waals surface area contributed by atoms with Gasteiger partial charge in [0, 0.05) is 11.0 Å². The number of amides is 1. The Labute approximate surface area is 128 Å². The quantitative estimate of drug-likeness (QED) is 0.916. The number of halogens is 1. The molecule has 1 saturated heterocycles. The number of nitrogens with zero attached hydrogens (tertiary/aromatic N) is 1. The molecule has 1 heterocycles. The molecule has 1 aliphatic heterocycles. The van der Waals surface area contributed by atoms with E-state index in [1.807, 2.05) is 50.1 Å². The zero-order valence-corrected chi connectivity index (χ0v) is 13.7. The van der Waals surface area contributed by atoms with Crippen LogP contribution < -0.4 is 5.32 Å². The molecule has 110 valence electrons. The minimum absolute atomic E-state index is 0.00736. The molecule has 2 rings (SSSR count). The van der Waals surface area contributed by atoms with Crippen molar-refractivity contribution in [3.8, 4) is 0 Å². The number of benzene rings is 1. The second-order valence-electron chi connectivity index (χ2n) is 5.67. The number of hydrogen-bond donors (Lipinski definition) is 1. The monoisotopic (exact) mass is 340 g/mol. The average molecular weight is 341 g/mol. The first-order chi connectivity index (χ1) is 9.42. The summed E-state index contributed by atoms with van der Waals surface area (Å²) in [6.07, 6.45) is 0. The molecule has 1 fully saturated rings. The van der Waals surface area contributed by atoms with E-state index in [-0.39, 0.29) is 11.9 Å². The number of ether oxygens (including phenoxy) is 1. The van der Waals surface area contributed by atoms with Crippen molar-refractivity contribution in [1.82, 2.24) is 10.2 Å². The van der Waals surface area contributed by atoms with Crippen molar-refractivity contribution >= 4 is 21.8 Å². The lowest BCUT2D eigenvalue weighted by atomic mass is 9.94. The Morgan fingerprint density at radius 2 is 2.15 bits per heavy atom. The zero-order valence-electron chi connectivity index (χ0n) is 12.1. The normalized spacial score (nSPS) is 20.7. The van der Waals surface area contributed by atoms with Crippen LogP contribution in [0.25, 0.3) is 0 Å². The Bertz CT molecular complexity index is 491. The lowest BCUT2D eigenvalue weighted by molar-refractivity contribution is -0.133. The number of carbonyl (C=O) groups excluding carboxylic acids is 1. The lowest BCUT2D eigenvalue weighted by Crippen LogP contribution is -2.55. The predicted octanol–water partition coefficient (Wildman–Crippen LogP) is 2.13. The van der Waals surface area contributed by atoms with Crippen molar-refractivity contribution in [2.24, 2.45) is 0 Å². The van der Waals surface area contributed by atoms with E-state index >= 15 is 0 Å². The maximum atomic E-state index is 12.5. The van der Waals surface area contributed by atoms with Gasteiger partial charge in [-0.25, -0.2) is 0 Å². The van der Waals surface area contributed by atoms with Crippen molar-refractivity contribution in [3.63, 3.8) is 0 Å². The Hall–Kier alpha value is -0.910. The zero-order chi connectivity index (χ0) is 14.8. The summed E-state index contributed by atoms with van der Waals surface area (Å²) in [7, 11) is 1.96. The minimum atomic E-state index is -0.435. The molecule has 1 amide bonds. The van der Waals surface area contributed by atoms with Gasteiger partial charge in [0.05, 0.1) is 18.8 Å². The highest BCUT2D eigenvalue weighted by atomic mass is 79.9. The molecule has 0 aromatic heterocycles. The molecule has 1 N–H and O–H groups in total. The molecule has 1 aliphatic rings. The molecule has 1 aromatic rings. The van der Waals surface area contributed by atoms with Crippen molar-refractivity contribution in [2.45, 2.75) is 25.4 Å². The van der Waals surface area contributed by atoms with Crippen LogP contribution in [0.15, 0.2) is 28.7 Å². The molecule has 0 radical (unpaired) electrons. The first kappa shape index (κ1) is 15.5. The highest BCUT2D eigenvalue weighted by Crippen LogP contribution is 2.28. The molecule has 4 nitrogen and oxygen atoms in total. The number of nitrogens with one attached hydrogen (secondary N) is 1. The Kier molecular flexibility index (Phi) is 4.83. The third-order valence-corrected chi connectivity index (χ3v) is 4.37. The summed E-state index contributed by atoms with van der Waals surface area (Å²) in [5, 5.41) is 3.12. The fraction of sp³-hybridized carbons (Fsp3) is 0.533. The lowest BCUT2D eigenvalue weighted by Gasteiger charge is -2.35. The summed E-state index contributed by atoms with van der Waals surface area (Å²) in [6.45, 7) is 5.94. The fourth-order valence-corrected chi connectivity index (χ4v) is 3.17. The van der Waals surface area contributed by atoms with Gasteiger partial charge in [-0.15, -0.1) is 0 Å². The van der Waals surface area contributed by atoms with Gasteiger partial charge in [0.1, 0.15) is 6.04 Å². The topological polar surface area (TPSA) is 41.6 Å². The minimum Gasteiger partial charge on any atom is -0.378 e. The van der Waals surface area contributed by atoms with Crippen molar-refractivity contribution in [3.05, 3.63) is 34.3 Å². The number of likely N-dealkylation sites (N-methyl/N-ethyl adjacent to an activating group) is 1. The van der Waals surface area contributed by atoms with E-state index in [2.05, 4.69) is 21.2 Å². The highest BCUT2D eigenvalue weighted by molar-refractivity contribution is 9.10. The van der Waals surface area contributed by atoms with Crippen molar-refractivity contribution in [2.75, 3.05) is 26.8 Å². The molecule has 0 saturated carbocycles. The van der Waals surface area contributed by atoms with E-state index in [1.165, 1.54) is 0 Å². The summed E-state index contributed by atoms with van der Waals surface area (Å²) >= 11 is 3.54. The number of rotatable bonds is 3. The molecule has 5 heteroatoms. The number of carbonyl (C=O) groups is 1. The summed E-state index contributed by atoms with van der Waals surface area (Å²) < 4.78 is 6.40. The number of hydrogen-bond acceptors (Lipinski definition) is 3. The molecule has 1 aromatic carbocycles. The van der Waals surface area contributed by atoms with Crippen LogP contribution in [0.5, 0.6) is 0 Å². The molecule has 0 bridgehead atoms. The molecular weight excluding hydrogens is 320 g/mol. The van der Waals surface area contributed by atoms with Gasteiger partial charge in [0.15, 0.2) is 0 Å². The van der Waals surface area contributed by atoms with Crippen LogP contribution in [0, 0.1) is 0 Å². The van der Waals surface area contributed by atoms with Crippen LogP contribution in [-0.2, 0) is 15.1 Å². The maximum Gasteiger partial charge on any atom is 0.240 e. The third-order valence-electron chi connectivity index (χ3n) is 3.68. The van der Waals surface area contributed by atoms with Crippen LogP contribution >= 0.6 is 15.9 Å². The van der Waals surface area contributed by atoms with Crippen LogP contribution in [0.2, 0.25) is 0 Å². The number of morpholine rings is 1. The van der Waals surface area contributed by atoms with Gasteiger partial charge in [-0.3, -0.25) is 9.69 Å². The molecular formula is C15H21BrN2O2. The van der Waals surface area contributed by atoms with Gasteiger partial charge in [-0.1, -0.05) is 34.1 Å². The van der Waals surface area contributed by atoms with E-state index in [0.717, 1.165) is 16.6 Å². The third kappa shape index (κ3) is 3.40. The predicted molar refractivity (Wildman–Crippen MR) is 82.5 cm³/mol. The van der Waals surface area contributed by atoms with Crippen LogP contribution in [0.3, 0.4) is 0 Å². The van der Waals surface area contributed by atoms with Crippen LogP contribution in [0.4, 0.5) is 0 Å². The Morgan fingerprint density at radius 3 is 2.80 bits per heavy atom. The van der Waals surface area contributed by atoms with Gasteiger partial charge < -0.3 is 10.1 Å². The van der Waals surface area contributed by atoms with E-state index in [9.17, 15) is 4.79 Å². The summed E-state index contributed by atoms with van der Waals surface area (Å²) in [6, 6.07) is 7.73. The van der Waals surface area contributed by atoms with E-state index in [0.29, 0.717) is 13.2 Å². The van der Waals surface area contributed by atoms with Crippen molar-refractivity contribution < 1.29 is 9.53 Å². The van der Waals surface area contributed by atoms with Gasteiger partial charge >= 0.3 is 0 Å². The second kappa shape index (κ2) is 6.24. The molecule has 0 spiro atoms. The molecule has 1 unspecified atom stereocenters. The highest BCUT2D eigenvalue weighted by Gasteiger charge is 2.32. The largest absolute Gasteiger partial charge is 0.378 e. The van der Waals surface area contributed by atoms with E-state index < -0.39 is 5.54 Å². The molecule has 0 aliphatic carbocycles. The van der Waals surface area contributed by atoms with E-state index in [4.69, 9.17) is 4.74 Å².